The quantitative estimate of drug-likeness (QED) is 0.214. The molecule has 0 amide bonds. The lowest BCUT2D eigenvalue weighted by Crippen LogP contribution is -2.63. The van der Waals surface area contributed by atoms with Crippen molar-refractivity contribution in [3.63, 3.8) is 0 Å². The van der Waals surface area contributed by atoms with Crippen molar-refractivity contribution in [2.75, 3.05) is 19.8 Å². The molecule has 2 fully saturated rings. The average molecular weight is 426 g/mol. The van der Waals surface area contributed by atoms with Gasteiger partial charge in [-0.15, -0.1) is 0 Å². The molecule has 2 aliphatic rings. The van der Waals surface area contributed by atoms with Gasteiger partial charge in [0.05, 0.1) is 13.2 Å². The Labute approximate surface area is 165 Å². The highest BCUT2D eigenvalue weighted by atomic mass is 16.8. The van der Waals surface area contributed by atoms with Crippen molar-refractivity contribution in [3.05, 3.63) is 0 Å². The van der Waals surface area contributed by atoms with E-state index in [-0.39, 0.29) is 0 Å². The first-order valence-electron chi connectivity index (χ1n) is 8.82. The van der Waals surface area contributed by atoms with E-state index < -0.39 is 86.6 Å². The minimum absolute atomic E-state index is 0.704. The van der Waals surface area contributed by atoms with Gasteiger partial charge >= 0.3 is 11.9 Å². The largest absolute Gasteiger partial charge is 0.457 e. The minimum atomic E-state index is -2.30. The summed E-state index contributed by atoms with van der Waals surface area (Å²) in [5, 5.41) is 59.7. The van der Waals surface area contributed by atoms with Crippen molar-refractivity contribution in [3.8, 4) is 0 Å². The molecule has 0 radical (unpaired) electrons. The predicted octanol–water partition coefficient (Wildman–Crippen LogP) is -4.25. The summed E-state index contributed by atoms with van der Waals surface area (Å²) in [7, 11) is 0. The van der Waals surface area contributed by atoms with Crippen LogP contribution in [0.1, 0.15) is 13.8 Å². The smallest absolute Gasteiger partial charge is 0.303 e. The second kappa shape index (κ2) is 9.59. The molecule has 0 spiro atoms. The number of carbonyl (C=O) groups excluding carboxylic acids is 2. The third-order valence-corrected chi connectivity index (χ3v) is 4.62. The Morgan fingerprint density at radius 1 is 0.897 bits per heavy atom. The van der Waals surface area contributed by atoms with E-state index in [1.54, 1.807) is 0 Å². The van der Waals surface area contributed by atoms with Crippen LogP contribution in [0.25, 0.3) is 0 Å². The third-order valence-electron chi connectivity index (χ3n) is 4.62. The first-order valence-corrected chi connectivity index (χ1v) is 8.82. The van der Waals surface area contributed by atoms with Gasteiger partial charge in [-0.3, -0.25) is 9.59 Å². The molecule has 0 aromatic rings. The van der Waals surface area contributed by atoms with E-state index in [0.717, 1.165) is 13.8 Å². The Morgan fingerprint density at radius 3 is 1.93 bits per heavy atom. The zero-order valence-electron chi connectivity index (χ0n) is 15.8. The number of ether oxygens (including phenoxy) is 5. The molecule has 0 saturated carbocycles. The number of aliphatic hydroxyl groups excluding tert-OH is 6. The van der Waals surface area contributed by atoms with E-state index in [4.69, 9.17) is 23.7 Å². The van der Waals surface area contributed by atoms with Crippen LogP contribution in [0, 0.1) is 0 Å². The molecule has 0 aromatic heterocycles. The van der Waals surface area contributed by atoms with Crippen LogP contribution in [0.15, 0.2) is 0 Å². The molecular formula is C16H26O13. The molecule has 168 valence electrons. The maximum Gasteiger partial charge on any atom is 0.303 e. The zero-order chi connectivity index (χ0) is 21.9. The van der Waals surface area contributed by atoms with Crippen LogP contribution in [-0.2, 0) is 33.3 Å². The zero-order valence-corrected chi connectivity index (χ0v) is 15.8. The Bertz CT molecular complexity index is 583. The van der Waals surface area contributed by atoms with Gasteiger partial charge in [-0.1, -0.05) is 0 Å². The van der Waals surface area contributed by atoms with Gasteiger partial charge < -0.3 is 54.3 Å². The van der Waals surface area contributed by atoms with E-state index >= 15 is 0 Å². The van der Waals surface area contributed by atoms with Gasteiger partial charge in [-0.25, -0.2) is 0 Å². The summed E-state index contributed by atoms with van der Waals surface area (Å²) in [4.78, 5) is 22.4. The number of hydrogen-bond acceptors (Lipinski definition) is 13. The molecule has 6 N–H and O–H groups in total. The van der Waals surface area contributed by atoms with E-state index in [0.29, 0.717) is 0 Å². The molecule has 0 aliphatic carbocycles. The van der Waals surface area contributed by atoms with Gasteiger partial charge in [-0.2, -0.15) is 0 Å². The summed E-state index contributed by atoms with van der Waals surface area (Å²) in [6, 6.07) is 0. The highest BCUT2D eigenvalue weighted by molar-refractivity contribution is 5.66. The van der Waals surface area contributed by atoms with E-state index in [1.807, 2.05) is 0 Å². The fraction of sp³-hybridized carbons (Fsp3) is 0.875. The Kier molecular flexibility index (Phi) is 7.89. The first-order chi connectivity index (χ1) is 13.6. The fourth-order valence-corrected chi connectivity index (χ4v) is 3.27. The first kappa shape index (κ1) is 23.9. The van der Waals surface area contributed by atoms with Crippen LogP contribution in [-0.4, -0.2) is 117 Å². The Morgan fingerprint density at radius 2 is 1.45 bits per heavy atom. The lowest BCUT2D eigenvalue weighted by atomic mass is 9.98. The second-order valence-electron chi connectivity index (χ2n) is 6.73. The molecule has 2 heterocycles. The Balaban J connectivity index is 2.23. The van der Waals surface area contributed by atoms with Crippen molar-refractivity contribution in [1.29, 1.82) is 0 Å². The highest BCUT2D eigenvalue weighted by Gasteiger charge is 2.60. The fourth-order valence-electron chi connectivity index (χ4n) is 3.27. The van der Waals surface area contributed by atoms with Gasteiger partial charge in [0, 0.05) is 13.8 Å². The summed E-state index contributed by atoms with van der Waals surface area (Å²) in [5.41, 5.74) is 0. The highest BCUT2D eigenvalue weighted by Crippen LogP contribution is 2.37. The minimum Gasteiger partial charge on any atom is -0.457 e. The summed E-state index contributed by atoms with van der Waals surface area (Å²) in [5.74, 6) is -3.88. The molecule has 2 unspecified atom stereocenters. The standard InChI is InChI=1S/C16H26O13/c1-6(20)25-12-8(3-17)27-15(11(23)10(12)22)29-16(5-19)14(24)13(26-7(2)21)9(4-18)28-16/h8-15,17-19,22-24H,3-5H2,1-2H3/t8-,9-,10-,11-,12-,13-,14+,15?,16?/m1/s1. The van der Waals surface area contributed by atoms with E-state index in [2.05, 4.69) is 0 Å². The van der Waals surface area contributed by atoms with Crippen LogP contribution < -0.4 is 0 Å². The van der Waals surface area contributed by atoms with Crippen LogP contribution in [0.3, 0.4) is 0 Å². The lowest BCUT2D eigenvalue weighted by molar-refractivity contribution is -0.383. The Hall–Kier alpha value is -1.42. The number of rotatable bonds is 7. The topological polar surface area (TPSA) is 202 Å². The van der Waals surface area contributed by atoms with E-state index in [9.17, 15) is 40.2 Å². The number of hydrogen-bond donors (Lipinski definition) is 6. The predicted molar refractivity (Wildman–Crippen MR) is 87.7 cm³/mol. The summed E-state index contributed by atoms with van der Waals surface area (Å²) in [6.45, 7) is -0.324. The number of carbonyl (C=O) groups is 2. The third kappa shape index (κ3) is 4.84. The van der Waals surface area contributed by atoms with Crippen molar-refractivity contribution < 1.29 is 63.9 Å². The van der Waals surface area contributed by atoms with Crippen molar-refractivity contribution in [1.82, 2.24) is 0 Å². The van der Waals surface area contributed by atoms with Gasteiger partial charge in [0.15, 0.2) is 18.5 Å². The average Bonchev–Trinajstić information content (AvgIpc) is 2.92. The number of esters is 2. The van der Waals surface area contributed by atoms with Crippen LogP contribution in [0.4, 0.5) is 0 Å². The molecule has 0 aromatic carbocycles. The van der Waals surface area contributed by atoms with Gasteiger partial charge in [-0.05, 0) is 0 Å². The van der Waals surface area contributed by atoms with Crippen molar-refractivity contribution >= 4 is 11.9 Å². The molecule has 13 nitrogen and oxygen atoms in total. The molecule has 29 heavy (non-hydrogen) atoms. The molecule has 13 heteroatoms. The molecule has 2 saturated heterocycles. The number of aliphatic hydroxyl groups is 6. The molecule has 9 atom stereocenters. The van der Waals surface area contributed by atoms with Crippen molar-refractivity contribution in [2.45, 2.75) is 68.7 Å². The van der Waals surface area contributed by atoms with E-state index in [1.165, 1.54) is 0 Å². The summed E-state index contributed by atoms with van der Waals surface area (Å²) in [6.07, 6.45) is -12.6. The van der Waals surface area contributed by atoms with Crippen LogP contribution in [0.5, 0.6) is 0 Å². The van der Waals surface area contributed by atoms with Crippen LogP contribution >= 0.6 is 0 Å². The lowest BCUT2D eigenvalue weighted by Gasteiger charge is -2.44. The molecular weight excluding hydrogens is 400 g/mol. The maximum absolute atomic E-state index is 11.3. The summed E-state index contributed by atoms with van der Waals surface area (Å²) >= 11 is 0. The van der Waals surface area contributed by atoms with Crippen molar-refractivity contribution in [2.24, 2.45) is 0 Å². The maximum atomic E-state index is 11.3. The van der Waals surface area contributed by atoms with Gasteiger partial charge in [0.25, 0.3) is 0 Å². The molecule has 2 aliphatic heterocycles. The SMILES string of the molecule is CC(=O)O[C@@H]1[C@@H](CO)OC(CO)(OC2O[C@H](CO)[C@@H](OC(C)=O)[C@H](O)[C@H]2O)[C@H]1O. The monoisotopic (exact) mass is 426 g/mol. The second-order valence-corrected chi connectivity index (χ2v) is 6.73. The van der Waals surface area contributed by atoms with Gasteiger partial charge in [0.2, 0.25) is 5.79 Å². The molecule has 0 bridgehead atoms. The molecule has 2 rings (SSSR count). The van der Waals surface area contributed by atoms with Crippen LogP contribution in [0.2, 0.25) is 0 Å². The normalized spacial score (nSPS) is 42.5. The van der Waals surface area contributed by atoms with Gasteiger partial charge in [0.1, 0.15) is 37.1 Å². The summed E-state index contributed by atoms with van der Waals surface area (Å²) < 4.78 is 25.8.